The molecule has 1 rings (SSSR count). The summed E-state index contributed by atoms with van der Waals surface area (Å²) in [6, 6.07) is 1.80. The Labute approximate surface area is 83.9 Å². The van der Waals surface area contributed by atoms with E-state index in [0.29, 0.717) is 0 Å². The quantitative estimate of drug-likeness (QED) is 0.679. The van der Waals surface area contributed by atoms with E-state index in [-0.39, 0.29) is 11.3 Å². The molecule has 0 amide bonds. The van der Waals surface area contributed by atoms with Crippen LogP contribution in [-0.4, -0.2) is 18.1 Å². The number of carbonyl (C=O) groups excluding carboxylic acids is 1. The Morgan fingerprint density at radius 1 is 1.40 bits per heavy atom. The molecule has 0 fully saturated rings. The molecule has 6 heteroatoms. The molecule has 0 bridgehead atoms. The lowest BCUT2D eigenvalue weighted by Crippen LogP contribution is -2.12. The lowest BCUT2D eigenvalue weighted by molar-refractivity contribution is -0.141. The van der Waals surface area contributed by atoms with Crippen LogP contribution in [0.15, 0.2) is 12.1 Å². The van der Waals surface area contributed by atoms with Crippen molar-refractivity contribution in [3.8, 4) is 0 Å². The van der Waals surface area contributed by atoms with Crippen LogP contribution in [0.4, 0.5) is 13.2 Å². The highest BCUT2D eigenvalue weighted by atomic mass is 19.4. The number of carbonyl (C=O) groups is 1. The summed E-state index contributed by atoms with van der Waals surface area (Å²) >= 11 is 0. The second-order valence-corrected chi connectivity index (χ2v) is 2.82. The fourth-order valence-electron chi connectivity index (χ4n) is 1.04. The van der Waals surface area contributed by atoms with Gasteiger partial charge in [-0.25, -0.2) is 9.78 Å². The van der Waals surface area contributed by atoms with Crippen molar-refractivity contribution in [3.05, 3.63) is 29.1 Å². The number of esters is 1. The molecule has 0 radical (unpaired) electrons. The number of hydrogen-bond acceptors (Lipinski definition) is 3. The highest BCUT2D eigenvalue weighted by Gasteiger charge is 2.33. The highest BCUT2D eigenvalue weighted by molar-refractivity contribution is 5.90. The lowest BCUT2D eigenvalue weighted by Gasteiger charge is -2.08. The predicted molar refractivity (Wildman–Crippen MR) is 45.3 cm³/mol. The van der Waals surface area contributed by atoms with Crippen LogP contribution < -0.4 is 0 Å². The average Bonchev–Trinajstić information content (AvgIpc) is 2.15. The number of methoxy groups -OCH3 is 1. The van der Waals surface area contributed by atoms with E-state index in [2.05, 4.69) is 9.72 Å². The number of aryl methyl sites for hydroxylation is 1. The van der Waals surface area contributed by atoms with Crippen LogP contribution in [0.25, 0.3) is 0 Å². The Hall–Kier alpha value is -1.59. The van der Waals surface area contributed by atoms with E-state index >= 15 is 0 Å². The Bertz CT molecular complexity index is 387. The number of nitrogens with zero attached hydrogens (tertiary/aromatic N) is 1. The number of hydrogen-bond donors (Lipinski definition) is 0. The summed E-state index contributed by atoms with van der Waals surface area (Å²) in [6.45, 7) is 1.32. The van der Waals surface area contributed by atoms with Crippen LogP contribution in [0.1, 0.15) is 21.7 Å². The van der Waals surface area contributed by atoms with Gasteiger partial charge in [0.15, 0.2) is 0 Å². The molecule has 0 spiro atoms. The molecule has 1 aromatic heterocycles. The van der Waals surface area contributed by atoms with Crippen molar-refractivity contribution in [1.29, 1.82) is 0 Å². The van der Waals surface area contributed by atoms with Crippen molar-refractivity contribution in [2.24, 2.45) is 0 Å². The van der Waals surface area contributed by atoms with Crippen LogP contribution in [0.5, 0.6) is 0 Å². The average molecular weight is 219 g/mol. The maximum atomic E-state index is 12.2. The standard InChI is InChI=1S/C9H8F3NO2/c1-5-6(8(14)15-2)3-4-7(13-5)9(10,11)12/h3-4H,1-2H3. The van der Waals surface area contributed by atoms with Crippen LogP contribution in [-0.2, 0) is 10.9 Å². The Morgan fingerprint density at radius 2 is 2.00 bits per heavy atom. The van der Waals surface area contributed by atoms with Crippen LogP contribution in [0.2, 0.25) is 0 Å². The number of aromatic nitrogens is 1. The minimum absolute atomic E-state index is 0.00308. The molecule has 0 saturated carbocycles. The molecule has 0 aliphatic rings. The van der Waals surface area contributed by atoms with Gasteiger partial charge in [0.1, 0.15) is 5.69 Å². The highest BCUT2D eigenvalue weighted by Crippen LogP contribution is 2.28. The summed E-state index contributed by atoms with van der Waals surface area (Å²) in [5.41, 5.74) is -0.991. The summed E-state index contributed by atoms with van der Waals surface area (Å²) in [5, 5.41) is 0. The molecule has 15 heavy (non-hydrogen) atoms. The van der Waals surface area contributed by atoms with Gasteiger partial charge in [-0.05, 0) is 19.1 Å². The van der Waals surface area contributed by atoms with E-state index in [1.165, 1.54) is 6.92 Å². The normalized spacial score (nSPS) is 11.3. The summed E-state index contributed by atoms with van der Waals surface area (Å²) in [6.07, 6.45) is -4.50. The van der Waals surface area contributed by atoms with Gasteiger partial charge in [0.25, 0.3) is 0 Å². The zero-order valence-electron chi connectivity index (χ0n) is 8.05. The SMILES string of the molecule is COC(=O)c1ccc(C(F)(F)F)nc1C. The first-order chi connectivity index (χ1) is 6.86. The van der Waals surface area contributed by atoms with Crippen molar-refractivity contribution < 1.29 is 22.7 Å². The van der Waals surface area contributed by atoms with Crippen LogP contribution in [0.3, 0.4) is 0 Å². The minimum atomic E-state index is -4.50. The molecule has 1 heterocycles. The van der Waals surface area contributed by atoms with Crippen LogP contribution >= 0.6 is 0 Å². The second-order valence-electron chi connectivity index (χ2n) is 2.82. The molecule has 0 aliphatic carbocycles. The molecular formula is C9H8F3NO2. The Kier molecular flexibility index (Phi) is 2.97. The molecular weight excluding hydrogens is 211 g/mol. The van der Waals surface area contributed by atoms with E-state index < -0.39 is 17.8 Å². The first kappa shape index (κ1) is 11.5. The molecule has 3 nitrogen and oxygen atoms in total. The first-order valence-electron chi connectivity index (χ1n) is 3.99. The summed E-state index contributed by atoms with van der Waals surface area (Å²) in [7, 11) is 1.15. The van der Waals surface area contributed by atoms with Gasteiger partial charge in [0, 0.05) is 0 Å². The van der Waals surface area contributed by atoms with E-state index in [4.69, 9.17) is 0 Å². The van der Waals surface area contributed by atoms with E-state index in [1.54, 1.807) is 0 Å². The summed E-state index contributed by atoms with van der Waals surface area (Å²) in [5.74, 6) is -0.700. The van der Waals surface area contributed by atoms with Crippen molar-refractivity contribution in [3.63, 3.8) is 0 Å². The van der Waals surface area contributed by atoms with Crippen molar-refractivity contribution in [2.75, 3.05) is 7.11 Å². The van der Waals surface area contributed by atoms with Crippen molar-refractivity contribution >= 4 is 5.97 Å². The third-order valence-electron chi connectivity index (χ3n) is 1.78. The largest absolute Gasteiger partial charge is 0.465 e. The van der Waals surface area contributed by atoms with Gasteiger partial charge in [0.2, 0.25) is 0 Å². The van der Waals surface area contributed by atoms with Gasteiger partial charge < -0.3 is 4.74 Å². The molecule has 82 valence electrons. The molecule has 0 atom stereocenters. The van der Waals surface area contributed by atoms with E-state index in [9.17, 15) is 18.0 Å². The minimum Gasteiger partial charge on any atom is -0.465 e. The predicted octanol–water partition coefficient (Wildman–Crippen LogP) is 2.20. The molecule has 0 aromatic carbocycles. The molecule has 1 aromatic rings. The molecule has 0 unspecified atom stereocenters. The van der Waals surface area contributed by atoms with Crippen molar-refractivity contribution in [1.82, 2.24) is 4.98 Å². The molecule has 0 saturated heterocycles. The smallest absolute Gasteiger partial charge is 0.433 e. The maximum absolute atomic E-state index is 12.2. The zero-order valence-corrected chi connectivity index (χ0v) is 8.05. The summed E-state index contributed by atoms with van der Waals surface area (Å²) in [4.78, 5) is 14.3. The van der Waals surface area contributed by atoms with Gasteiger partial charge >= 0.3 is 12.1 Å². The fourth-order valence-corrected chi connectivity index (χ4v) is 1.04. The Morgan fingerprint density at radius 3 is 2.40 bits per heavy atom. The number of halogens is 3. The van der Waals surface area contributed by atoms with Gasteiger partial charge in [0.05, 0.1) is 18.4 Å². The van der Waals surface area contributed by atoms with Gasteiger partial charge in [-0.3, -0.25) is 0 Å². The maximum Gasteiger partial charge on any atom is 0.433 e. The van der Waals surface area contributed by atoms with E-state index in [1.807, 2.05) is 0 Å². The topological polar surface area (TPSA) is 39.2 Å². The van der Waals surface area contributed by atoms with Gasteiger partial charge in [-0.1, -0.05) is 0 Å². The number of pyridine rings is 1. The van der Waals surface area contributed by atoms with Gasteiger partial charge in [-0.15, -0.1) is 0 Å². The van der Waals surface area contributed by atoms with E-state index in [0.717, 1.165) is 19.2 Å². The molecule has 0 aliphatic heterocycles. The van der Waals surface area contributed by atoms with Crippen molar-refractivity contribution in [2.45, 2.75) is 13.1 Å². The lowest BCUT2D eigenvalue weighted by atomic mass is 10.2. The monoisotopic (exact) mass is 219 g/mol. The van der Waals surface area contributed by atoms with Gasteiger partial charge in [-0.2, -0.15) is 13.2 Å². The second kappa shape index (κ2) is 3.88. The summed E-state index contributed by atoms with van der Waals surface area (Å²) < 4.78 is 41.0. The number of ether oxygens (including phenoxy) is 1. The zero-order chi connectivity index (χ0) is 11.6. The first-order valence-corrected chi connectivity index (χ1v) is 3.99. The molecule has 0 N–H and O–H groups in total. The Balaban J connectivity index is 3.15. The third-order valence-corrected chi connectivity index (χ3v) is 1.78. The number of alkyl halides is 3. The van der Waals surface area contributed by atoms with Crippen LogP contribution in [0, 0.1) is 6.92 Å². The number of rotatable bonds is 1. The fraction of sp³-hybridized carbons (Fsp3) is 0.333. The third kappa shape index (κ3) is 2.45.